The summed E-state index contributed by atoms with van der Waals surface area (Å²) in [5.41, 5.74) is 7.30. The fourth-order valence-electron chi connectivity index (χ4n) is 3.96. The van der Waals surface area contributed by atoms with Gasteiger partial charge in [-0.25, -0.2) is 9.97 Å². The molecule has 1 heterocycles. The summed E-state index contributed by atoms with van der Waals surface area (Å²) in [5, 5.41) is 2.35. The van der Waals surface area contributed by atoms with Crippen LogP contribution in [0.2, 0.25) is 0 Å². The second-order valence-electron chi connectivity index (χ2n) is 8.77. The van der Waals surface area contributed by atoms with Gasteiger partial charge in [0.25, 0.3) is 0 Å². The van der Waals surface area contributed by atoms with Crippen molar-refractivity contribution >= 4 is 21.8 Å². The van der Waals surface area contributed by atoms with Gasteiger partial charge in [-0.2, -0.15) is 0 Å². The van der Waals surface area contributed by atoms with Crippen molar-refractivity contribution in [1.82, 2.24) is 9.97 Å². The topological polar surface area (TPSA) is 25.8 Å². The molecule has 0 N–H and O–H groups in total. The van der Waals surface area contributed by atoms with Crippen molar-refractivity contribution in [2.75, 3.05) is 0 Å². The molecular weight excluding hydrogens is 364 g/mol. The molecule has 0 aliphatic rings. The maximum atomic E-state index is 5.17. The predicted molar refractivity (Wildman–Crippen MR) is 127 cm³/mol. The first-order valence-corrected chi connectivity index (χ1v) is 10.4. The molecule has 0 amide bonds. The van der Waals surface area contributed by atoms with Crippen LogP contribution in [0.1, 0.15) is 26.5 Å². The van der Waals surface area contributed by atoms with E-state index in [4.69, 9.17) is 9.97 Å². The van der Waals surface area contributed by atoms with Crippen LogP contribution in [0.3, 0.4) is 0 Å². The number of nitrogens with zero attached hydrogens (tertiary/aromatic N) is 2. The maximum Gasteiger partial charge on any atom is 0.0969 e. The van der Waals surface area contributed by atoms with Crippen LogP contribution in [-0.2, 0) is 5.41 Å². The minimum Gasteiger partial charge on any atom is -0.248 e. The van der Waals surface area contributed by atoms with Crippen LogP contribution in [0.4, 0.5) is 0 Å². The highest BCUT2D eigenvalue weighted by molar-refractivity contribution is 6.04. The minimum atomic E-state index is -0.119. The van der Waals surface area contributed by atoms with Gasteiger partial charge < -0.3 is 0 Å². The molecule has 0 spiro atoms. The average molecular weight is 389 g/mol. The Labute approximate surface area is 177 Å². The number of hydrogen-bond donors (Lipinski definition) is 0. The average Bonchev–Trinajstić information content (AvgIpc) is 2.78. The van der Waals surface area contributed by atoms with E-state index in [1.54, 1.807) is 0 Å². The SMILES string of the molecule is CC(C)(C)c1nc2c(ccc3ccccc32)nc1-c1ccc(-c2ccccc2)cc1. The van der Waals surface area contributed by atoms with E-state index in [1.807, 2.05) is 6.07 Å². The van der Waals surface area contributed by atoms with Crippen molar-refractivity contribution in [2.45, 2.75) is 26.2 Å². The van der Waals surface area contributed by atoms with Crippen molar-refractivity contribution < 1.29 is 0 Å². The summed E-state index contributed by atoms with van der Waals surface area (Å²) in [6.07, 6.45) is 0. The highest BCUT2D eigenvalue weighted by atomic mass is 14.8. The minimum absolute atomic E-state index is 0.119. The Morgan fingerprint density at radius 1 is 0.567 bits per heavy atom. The van der Waals surface area contributed by atoms with E-state index in [9.17, 15) is 0 Å². The lowest BCUT2D eigenvalue weighted by Gasteiger charge is -2.22. The molecule has 0 bridgehead atoms. The standard InChI is InChI=1S/C28H24N2/c1-28(2,3)27-25(22-15-13-20(14-16-22)19-9-5-4-6-10-19)29-24-18-17-21-11-7-8-12-23(21)26(24)30-27/h4-18H,1-3H3. The van der Waals surface area contributed by atoms with Crippen LogP contribution in [0.15, 0.2) is 91.0 Å². The molecule has 0 saturated heterocycles. The van der Waals surface area contributed by atoms with Crippen molar-refractivity contribution in [2.24, 2.45) is 0 Å². The highest BCUT2D eigenvalue weighted by Crippen LogP contribution is 2.34. The fraction of sp³-hybridized carbons (Fsp3) is 0.143. The predicted octanol–water partition coefficient (Wildman–Crippen LogP) is 7.41. The molecule has 0 aliphatic carbocycles. The molecule has 0 unspecified atom stereocenters. The van der Waals surface area contributed by atoms with E-state index in [-0.39, 0.29) is 5.41 Å². The first-order valence-electron chi connectivity index (χ1n) is 10.4. The second kappa shape index (κ2) is 7.07. The van der Waals surface area contributed by atoms with Gasteiger partial charge in [0.05, 0.1) is 22.4 Å². The Balaban J connectivity index is 1.71. The van der Waals surface area contributed by atoms with E-state index in [0.717, 1.165) is 33.4 Å². The smallest absolute Gasteiger partial charge is 0.0969 e. The Morgan fingerprint density at radius 3 is 1.93 bits per heavy atom. The lowest BCUT2D eigenvalue weighted by molar-refractivity contribution is 0.571. The van der Waals surface area contributed by atoms with Gasteiger partial charge in [-0.1, -0.05) is 106 Å². The second-order valence-corrected chi connectivity index (χ2v) is 8.77. The van der Waals surface area contributed by atoms with Gasteiger partial charge in [-0.05, 0) is 22.6 Å². The van der Waals surface area contributed by atoms with Gasteiger partial charge in [0.2, 0.25) is 0 Å². The van der Waals surface area contributed by atoms with Crippen LogP contribution in [0, 0.1) is 0 Å². The van der Waals surface area contributed by atoms with Crippen LogP contribution in [0.25, 0.3) is 44.2 Å². The van der Waals surface area contributed by atoms with Gasteiger partial charge in [0.1, 0.15) is 0 Å². The molecule has 30 heavy (non-hydrogen) atoms. The molecule has 0 fully saturated rings. The summed E-state index contributed by atoms with van der Waals surface area (Å²) in [4.78, 5) is 10.3. The maximum absolute atomic E-state index is 5.17. The molecule has 0 atom stereocenters. The van der Waals surface area contributed by atoms with E-state index >= 15 is 0 Å². The number of fused-ring (bicyclic) bond motifs is 3. The lowest BCUT2D eigenvalue weighted by Crippen LogP contribution is -2.16. The van der Waals surface area contributed by atoms with Crippen LogP contribution >= 0.6 is 0 Å². The molecular formula is C28H24N2. The van der Waals surface area contributed by atoms with Gasteiger partial charge in [0.15, 0.2) is 0 Å². The summed E-state index contributed by atoms with van der Waals surface area (Å²) < 4.78 is 0. The van der Waals surface area contributed by atoms with Gasteiger partial charge in [-0.15, -0.1) is 0 Å². The number of benzene rings is 4. The third kappa shape index (κ3) is 3.25. The van der Waals surface area contributed by atoms with Gasteiger partial charge in [0, 0.05) is 16.4 Å². The third-order valence-corrected chi connectivity index (χ3v) is 5.54. The zero-order valence-corrected chi connectivity index (χ0v) is 17.6. The van der Waals surface area contributed by atoms with Crippen LogP contribution in [-0.4, -0.2) is 9.97 Å². The molecule has 1 aromatic heterocycles. The Bertz CT molecular complexity index is 1350. The van der Waals surface area contributed by atoms with Crippen LogP contribution in [0.5, 0.6) is 0 Å². The van der Waals surface area contributed by atoms with Crippen LogP contribution < -0.4 is 0 Å². The molecule has 2 nitrogen and oxygen atoms in total. The largest absolute Gasteiger partial charge is 0.248 e. The van der Waals surface area contributed by atoms with E-state index in [1.165, 1.54) is 16.5 Å². The molecule has 0 radical (unpaired) electrons. The van der Waals surface area contributed by atoms with E-state index in [0.29, 0.717) is 0 Å². The zero-order chi connectivity index (χ0) is 20.7. The van der Waals surface area contributed by atoms with E-state index in [2.05, 4.69) is 106 Å². The Morgan fingerprint density at radius 2 is 1.20 bits per heavy atom. The normalized spacial score (nSPS) is 11.8. The molecule has 4 aromatic carbocycles. The summed E-state index contributed by atoms with van der Waals surface area (Å²) in [5.74, 6) is 0. The van der Waals surface area contributed by atoms with Crippen molar-refractivity contribution in [1.29, 1.82) is 0 Å². The molecule has 2 heteroatoms. The number of hydrogen-bond acceptors (Lipinski definition) is 2. The summed E-state index contributed by atoms with van der Waals surface area (Å²) in [6.45, 7) is 6.61. The summed E-state index contributed by atoms with van der Waals surface area (Å²) in [6, 6.07) is 31.7. The van der Waals surface area contributed by atoms with Crippen molar-refractivity contribution in [3.63, 3.8) is 0 Å². The summed E-state index contributed by atoms with van der Waals surface area (Å²) in [7, 11) is 0. The van der Waals surface area contributed by atoms with Gasteiger partial charge >= 0.3 is 0 Å². The first-order chi connectivity index (χ1) is 14.5. The molecule has 146 valence electrons. The zero-order valence-electron chi connectivity index (χ0n) is 17.6. The first kappa shape index (κ1) is 18.5. The van der Waals surface area contributed by atoms with Gasteiger partial charge in [-0.3, -0.25) is 0 Å². The van der Waals surface area contributed by atoms with E-state index < -0.39 is 0 Å². The highest BCUT2D eigenvalue weighted by Gasteiger charge is 2.23. The molecule has 5 aromatic rings. The molecule has 0 aliphatic heterocycles. The monoisotopic (exact) mass is 388 g/mol. The molecule has 0 saturated carbocycles. The summed E-state index contributed by atoms with van der Waals surface area (Å²) >= 11 is 0. The molecule has 5 rings (SSSR count). The number of aromatic nitrogens is 2. The van der Waals surface area contributed by atoms with Crippen molar-refractivity contribution in [3.8, 4) is 22.4 Å². The Hall–Kier alpha value is -3.52. The lowest BCUT2D eigenvalue weighted by atomic mass is 9.87. The fourth-order valence-corrected chi connectivity index (χ4v) is 3.96. The number of rotatable bonds is 2. The Kier molecular flexibility index (Phi) is 4.36. The third-order valence-electron chi connectivity index (χ3n) is 5.54. The van der Waals surface area contributed by atoms with Crippen molar-refractivity contribution in [3.05, 3.63) is 96.7 Å². The quantitative estimate of drug-likeness (QED) is 0.294.